The van der Waals surface area contributed by atoms with E-state index in [1.165, 1.54) is 0 Å². The average molecular weight is 280 g/mol. The van der Waals surface area contributed by atoms with Gasteiger partial charge in [-0.15, -0.1) is 0 Å². The van der Waals surface area contributed by atoms with Crippen molar-refractivity contribution >= 4 is 11.4 Å². The minimum Gasteiger partial charge on any atom is -0.491 e. The fourth-order valence-electron chi connectivity index (χ4n) is 2.27. The topological polar surface area (TPSA) is 67.5 Å². The van der Waals surface area contributed by atoms with Gasteiger partial charge < -0.3 is 20.9 Å². The Morgan fingerprint density at radius 1 is 1.40 bits per heavy atom. The van der Waals surface area contributed by atoms with Crippen LogP contribution in [0.3, 0.4) is 0 Å². The number of benzene rings is 1. The first-order chi connectivity index (χ1) is 9.35. The van der Waals surface area contributed by atoms with Crippen molar-refractivity contribution in [3.63, 3.8) is 0 Å². The summed E-state index contributed by atoms with van der Waals surface area (Å²) in [5.41, 5.74) is 6.74. The fraction of sp³-hybridized carbons (Fsp3) is 0.625. The SMILES string of the molecule is CCCOc1cccc(NCC(C)(O)CC(C)C)c1N. The van der Waals surface area contributed by atoms with E-state index in [0.717, 1.165) is 18.5 Å². The molecule has 0 saturated heterocycles. The normalized spacial score (nSPS) is 14.1. The van der Waals surface area contributed by atoms with E-state index in [4.69, 9.17) is 10.5 Å². The van der Waals surface area contributed by atoms with E-state index in [-0.39, 0.29) is 0 Å². The van der Waals surface area contributed by atoms with Crippen molar-refractivity contribution < 1.29 is 9.84 Å². The van der Waals surface area contributed by atoms with Gasteiger partial charge in [0.25, 0.3) is 0 Å². The molecular formula is C16H28N2O2. The number of ether oxygens (including phenoxy) is 1. The van der Waals surface area contributed by atoms with Crippen LogP contribution in [-0.4, -0.2) is 23.9 Å². The van der Waals surface area contributed by atoms with Crippen LogP contribution < -0.4 is 15.8 Å². The quantitative estimate of drug-likeness (QED) is 0.639. The molecule has 1 aromatic carbocycles. The van der Waals surface area contributed by atoms with Gasteiger partial charge in [-0.25, -0.2) is 0 Å². The number of aliphatic hydroxyl groups is 1. The third kappa shape index (κ3) is 5.29. The van der Waals surface area contributed by atoms with Gasteiger partial charge in [-0.1, -0.05) is 26.8 Å². The highest BCUT2D eigenvalue weighted by molar-refractivity contribution is 5.73. The van der Waals surface area contributed by atoms with Crippen LogP contribution in [0.15, 0.2) is 18.2 Å². The molecule has 1 unspecified atom stereocenters. The van der Waals surface area contributed by atoms with Gasteiger partial charge in [0.15, 0.2) is 0 Å². The van der Waals surface area contributed by atoms with Gasteiger partial charge in [-0.3, -0.25) is 0 Å². The molecule has 0 saturated carbocycles. The summed E-state index contributed by atoms with van der Waals surface area (Å²) in [6.45, 7) is 9.21. The number of hydrogen-bond donors (Lipinski definition) is 3. The highest BCUT2D eigenvalue weighted by Crippen LogP contribution is 2.30. The maximum atomic E-state index is 10.3. The van der Waals surface area contributed by atoms with Crippen LogP contribution in [0.5, 0.6) is 5.75 Å². The molecule has 20 heavy (non-hydrogen) atoms. The molecular weight excluding hydrogens is 252 g/mol. The zero-order valence-electron chi connectivity index (χ0n) is 13.1. The Balaban J connectivity index is 2.68. The van der Waals surface area contributed by atoms with Crippen LogP contribution in [0, 0.1) is 5.92 Å². The summed E-state index contributed by atoms with van der Waals surface area (Å²) in [7, 11) is 0. The summed E-state index contributed by atoms with van der Waals surface area (Å²) >= 11 is 0. The molecule has 0 heterocycles. The van der Waals surface area contributed by atoms with Gasteiger partial charge in [0.1, 0.15) is 5.75 Å². The summed E-state index contributed by atoms with van der Waals surface area (Å²) in [5.74, 6) is 1.14. The zero-order chi connectivity index (χ0) is 15.2. The van der Waals surface area contributed by atoms with Crippen molar-refractivity contribution in [1.82, 2.24) is 0 Å². The second-order valence-corrected chi connectivity index (χ2v) is 6.01. The molecule has 0 aliphatic heterocycles. The lowest BCUT2D eigenvalue weighted by molar-refractivity contribution is 0.0515. The Morgan fingerprint density at radius 3 is 2.70 bits per heavy atom. The van der Waals surface area contributed by atoms with Crippen LogP contribution in [0.1, 0.15) is 40.5 Å². The molecule has 0 aromatic heterocycles. The van der Waals surface area contributed by atoms with Crippen LogP contribution in [-0.2, 0) is 0 Å². The number of nitrogens with one attached hydrogen (secondary N) is 1. The Morgan fingerprint density at radius 2 is 2.10 bits per heavy atom. The monoisotopic (exact) mass is 280 g/mol. The molecule has 114 valence electrons. The lowest BCUT2D eigenvalue weighted by Gasteiger charge is -2.26. The molecule has 0 fully saturated rings. The van der Waals surface area contributed by atoms with Crippen molar-refractivity contribution in [2.45, 2.75) is 46.1 Å². The van der Waals surface area contributed by atoms with Crippen molar-refractivity contribution in [3.8, 4) is 5.75 Å². The van der Waals surface area contributed by atoms with E-state index in [2.05, 4.69) is 26.1 Å². The van der Waals surface area contributed by atoms with Gasteiger partial charge in [-0.05, 0) is 37.8 Å². The van der Waals surface area contributed by atoms with Crippen LogP contribution in [0.25, 0.3) is 0 Å². The minimum atomic E-state index is -0.749. The van der Waals surface area contributed by atoms with Gasteiger partial charge >= 0.3 is 0 Å². The Bertz CT molecular complexity index is 417. The Kier molecular flexibility index (Phi) is 6.14. The second kappa shape index (κ2) is 7.39. The maximum absolute atomic E-state index is 10.3. The molecule has 4 N–H and O–H groups in total. The third-order valence-electron chi connectivity index (χ3n) is 3.04. The number of hydrogen-bond acceptors (Lipinski definition) is 4. The van der Waals surface area contributed by atoms with Gasteiger partial charge in [-0.2, -0.15) is 0 Å². The average Bonchev–Trinajstić information content (AvgIpc) is 2.34. The van der Waals surface area contributed by atoms with E-state index >= 15 is 0 Å². The molecule has 0 amide bonds. The van der Waals surface area contributed by atoms with Crippen LogP contribution in [0.4, 0.5) is 11.4 Å². The molecule has 1 aromatic rings. The van der Waals surface area contributed by atoms with Crippen molar-refractivity contribution in [3.05, 3.63) is 18.2 Å². The Labute approximate surface area is 122 Å². The largest absolute Gasteiger partial charge is 0.491 e. The van der Waals surface area contributed by atoms with Crippen LogP contribution >= 0.6 is 0 Å². The standard InChI is InChI=1S/C16H28N2O2/c1-5-9-20-14-8-6-7-13(15(14)17)18-11-16(4,19)10-12(2)3/h6-8,12,18-19H,5,9-11,17H2,1-4H3. The summed E-state index contributed by atoms with van der Waals surface area (Å²) < 4.78 is 5.60. The molecule has 0 bridgehead atoms. The summed E-state index contributed by atoms with van der Waals surface area (Å²) in [5, 5.41) is 13.5. The predicted octanol–water partition coefficient (Wildman–Crippen LogP) is 3.27. The smallest absolute Gasteiger partial charge is 0.144 e. The van der Waals surface area contributed by atoms with Gasteiger partial charge in [0.05, 0.1) is 23.6 Å². The number of anilines is 2. The summed E-state index contributed by atoms with van der Waals surface area (Å²) in [6.07, 6.45) is 1.69. The van der Waals surface area contributed by atoms with Gasteiger partial charge in [0.2, 0.25) is 0 Å². The first-order valence-electron chi connectivity index (χ1n) is 7.33. The highest BCUT2D eigenvalue weighted by Gasteiger charge is 2.22. The predicted molar refractivity (Wildman–Crippen MR) is 85.2 cm³/mol. The van der Waals surface area contributed by atoms with Crippen molar-refractivity contribution in [2.24, 2.45) is 5.92 Å². The number of nitrogens with two attached hydrogens (primary N) is 1. The molecule has 0 radical (unpaired) electrons. The number of para-hydroxylation sites is 1. The van der Waals surface area contributed by atoms with E-state index < -0.39 is 5.60 Å². The molecule has 4 nitrogen and oxygen atoms in total. The Hall–Kier alpha value is -1.42. The second-order valence-electron chi connectivity index (χ2n) is 6.01. The number of rotatable bonds is 8. The first-order valence-corrected chi connectivity index (χ1v) is 7.33. The molecule has 0 aliphatic carbocycles. The molecule has 4 heteroatoms. The summed E-state index contributed by atoms with van der Waals surface area (Å²) in [6, 6.07) is 5.67. The van der Waals surface area contributed by atoms with E-state index in [1.807, 2.05) is 25.1 Å². The van der Waals surface area contributed by atoms with Crippen LogP contribution in [0.2, 0.25) is 0 Å². The lowest BCUT2D eigenvalue weighted by atomic mass is 9.94. The third-order valence-corrected chi connectivity index (χ3v) is 3.04. The summed E-state index contributed by atoms with van der Waals surface area (Å²) in [4.78, 5) is 0. The molecule has 1 atom stereocenters. The first kappa shape index (κ1) is 16.6. The maximum Gasteiger partial charge on any atom is 0.144 e. The highest BCUT2D eigenvalue weighted by atomic mass is 16.5. The molecule has 0 aliphatic rings. The number of nitrogen functional groups attached to an aromatic ring is 1. The van der Waals surface area contributed by atoms with Gasteiger partial charge in [0, 0.05) is 6.54 Å². The van der Waals surface area contributed by atoms with Crippen molar-refractivity contribution in [2.75, 3.05) is 24.2 Å². The van der Waals surface area contributed by atoms with E-state index in [0.29, 0.717) is 30.5 Å². The minimum absolute atomic E-state index is 0.448. The lowest BCUT2D eigenvalue weighted by Crippen LogP contribution is -2.35. The fourth-order valence-corrected chi connectivity index (χ4v) is 2.27. The van der Waals surface area contributed by atoms with Crippen molar-refractivity contribution in [1.29, 1.82) is 0 Å². The zero-order valence-corrected chi connectivity index (χ0v) is 13.1. The van der Waals surface area contributed by atoms with E-state index in [9.17, 15) is 5.11 Å². The van der Waals surface area contributed by atoms with E-state index in [1.54, 1.807) is 0 Å². The molecule has 1 rings (SSSR count). The molecule has 0 spiro atoms.